The molecule has 8 nitrogen and oxygen atoms in total. The molecule has 0 bridgehead atoms. The molecule has 2 rings (SSSR count). The lowest BCUT2D eigenvalue weighted by Gasteiger charge is -2.10. The Morgan fingerprint density at radius 1 is 1.29 bits per heavy atom. The number of carboxylic acid groups (broad SMARTS) is 1. The van der Waals surface area contributed by atoms with Gasteiger partial charge in [-0.15, -0.1) is 5.10 Å². The number of hydrogen-bond donors (Lipinski definition) is 3. The summed E-state index contributed by atoms with van der Waals surface area (Å²) in [6.45, 7) is 0. The number of nitrogens with zero attached hydrogens (tertiary/aromatic N) is 3. The van der Waals surface area contributed by atoms with Gasteiger partial charge in [-0.2, -0.15) is 0 Å². The van der Waals surface area contributed by atoms with Crippen LogP contribution in [0, 0.1) is 0 Å². The van der Waals surface area contributed by atoms with Crippen LogP contribution in [0.4, 0.5) is 11.6 Å². The number of nitrogen functional groups attached to an aromatic ring is 1. The number of primary amides is 1. The predicted octanol–water partition coefficient (Wildman–Crippen LogP) is 1.55. The fraction of sp³-hybridized carbons (Fsp3) is 0.214. The Morgan fingerprint density at radius 2 is 1.83 bits per heavy atom. The SMILES string of the molecule is CN(C)c1nn(-c2c(Cl)cc(C(=O)O)cc2Cl)c(N)c1CC(N)=O. The number of carbonyl (C=O) groups excluding carboxylic acids is 1. The van der Waals surface area contributed by atoms with E-state index < -0.39 is 11.9 Å². The van der Waals surface area contributed by atoms with E-state index in [4.69, 9.17) is 39.8 Å². The van der Waals surface area contributed by atoms with Crippen molar-refractivity contribution in [1.82, 2.24) is 9.78 Å². The zero-order valence-electron chi connectivity index (χ0n) is 12.9. The Bertz CT molecular complexity index is 809. The van der Waals surface area contributed by atoms with Crippen LogP contribution in [0.1, 0.15) is 15.9 Å². The summed E-state index contributed by atoms with van der Waals surface area (Å²) in [5, 5.41) is 13.5. The van der Waals surface area contributed by atoms with Crippen molar-refractivity contribution in [2.45, 2.75) is 6.42 Å². The van der Waals surface area contributed by atoms with E-state index in [9.17, 15) is 9.59 Å². The maximum absolute atomic E-state index is 11.3. The predicted molar refractivity (Wildman–Crippen MR) is 92.2 cm³/mol. The molecule has 0 saturated carbocycles. The van der Waals surface area contributed by atoms with E-state index in [-0.39, 0.29) is 33.5 Å². The lowest BCUT2D eigenvalue weighted by Crippen LogP contribution is -2.17. The molecule has 0 spiro atoms. The number of rotatable bonds is 5. The van der Waals surface area contributed by atoms with E-state index in [1.165, 1.54) is 16.8 Å². The Kier molecular flexibility index (Phi) is 4.91. The van der Waals surface area contributed by atoms with Crippen LogP contribution < -0.4 is 16.4 Å². The van der Waals surface area contributed by atoms with E-state index in [1.54, 1.807) is 19.0 Å². The second-order valence-corrected chi connectivity index (χ2v) is 6.04. The number of amides is 1. The first kappa shape index (κ1) is 17.9. The molecule has 0 saturated heterocycles. The number of nitrogens with two attached hydrogens (primary N) is 2. The molecule has 1 amide bonds. The number of carboxylic acids is 1. The molecule has 5 N–H and O–H groups in total. The lowest BCUT2D eigenvalue weighted by molar-refractivity contribution is -0.117. The Hall–Kier alpha value is -2.45. The third kappa shape index (κ3) is 3.24. The van der Waals surface area contributed by atoms with Crippen molar-refractivity contribution in [2.75, 3.05) is 24.7 Å². The van der Waals surface area contributed by atoms with E-state index in [0.29, 0.717) is 11.4 Å². The molecule has 128 valence electrons. The fourth-order valence-corrected chi connectivity index (χ4v) is 2.86. The molecule has 0 aliphatic carbocycles. The molecule has 0 atom stereocenters. The van der Waals surface area contributed by atoms with Crippen molar-refractivity contribution in [3.63, 3.8) is 0 Å². The van der Waals surface area contributed by atoms with E-state index in [2.05, 4.69) is 5.10 Å². The molecule has 0 aliphatic rings. The Morgan fingerprint density at radius 3 is 2.25 bits per heavy atom. The van der Waals surface area contributed by atoms with Crippen LogP contribution in [0.5, 0.6) is 0 Å². The minimum atomic E-state index is -1.16. The molecule has 0 unspecified atom stereocenters. The van der Waals surface area contributed by atoms with Crippen LogP contribution >= 0.6 is 23.2 Å². The molecule has 0 aliphatic heterocycles. The second-order valence-electron chi connectivity index (χ2n) is 5.23. The van der Waals surface area contributed by atoms with Crippen LogP contribution in [-0.2, 0) is 11.2 Å². The van der Waals surface area contributed by atoms with Gasteiger partial charge in [0.05, 0.1) is 22.0 Å². The van der Waals surface area contributed by atoms with Crippen LogP contribution in [0.3, 0.4) is 0 Å². The van der Waals surface area contributed by atoms with Crippen molar-refractivity contribution in [3.05, 3.63) is 33.3 Å². The molecule has 0 fully saturated rings. The Balaban J connectivity index is 2.70. The third-order valence-corrected chi connectivity index (χ3v) is 3.83. The highest BCUT2D eigenvalue weighted by molar-refractivity contribution is 6.38. The summed E-state index contributed by atoms with van der Waals surface area (Å²) in [5.41, 5.74) is 11.9. The standard InChI is InChI=1S/C14H15Cl2N5O3/c1-20(2)13-7(5-10(17)22)12(18)21(19-13)11-8(15)3-6(14(23)24)4-9(11)16/h3-4H,5,18H2,1-2H3,(H2,17,22)(H,23,24). The highest BCUT2D eigenvalue weighted by atomic mass is 35.5. The topological polar surface area (TPSA) is 127 Å². The fourth-order valence-electron chi connectivity index (χ4n) is 2.22. The van der Waals surface area contributed by atoms with Crippen molar-refractivity contribution in [1.29, 1.82) is 0 Å². The van der Waals surface area contributed by atoms with Crippen LogP contribution in [0.2, 0.25) is 10.0 Å². The molecule has 1 aromatic carbocycles. The summed E-state index contributed by atoms with van der Waals surface area (Å²) in [6, 6.07) is 2.49. The smallest absolute Gasteiger partial charge is 0.335 e. The molecular weight excluding hydrogens is 357 g/mol. The highest BCUT2D eigenvalue weighted by Gasteiger charge is 2.23. The number of hydrogen-bond acceptors (Lipinski definition) is 5. The monoisotopic (exact) mass is 371 g/mol. The highest BCUT2D eigenvalue weighted by Crippen LogP contribution is 2.35. The van der Waals surface area contributed by atoms with Gasteiger partial charge < -0.3 is 21.5 Å². The molecule has 1 heterocycles. The van der Waals surface area contributed by atoms with Gasteiger partial charge in [0, 0.05) is 19.7 Å². The van der Waals surface area contributed by atoms with Crippen LogP contribution in [0.15, 0.2) is 12.1 Å². The number of aromatic nitrogens is 2. The third-order valence-electron chi connectivity index (χ3n) is 3.25. The largest absolute Gasteiger partial charge is 0.478 e. The van der Waals surface area contributed by atoms with Gasteiger partial charge in [0.1, 0.15) is 11.5 Å². The van der Waals surface area contributed by atoms with E-state index in [1.807, 2.05) is 0 Å². The first-order chi connectivity index (χ1) is 11.1. The first-order valence-electron chi connectivity index (χ1n) is 6.69. The van der Waals surface area contributed by atoms with Gasteiger partial charge in [-0.25, -0.2) is 9.48 Å². The quantitative estimate of drug-likeness (QED) is 0.731. The number of carbonyl (C=O) groups is 2. The second kappa shape index (κ2) is 6.58. The van der Waals surface area contributed by atoms with E-state index >= 15 is 0 Å². The summed E-state index contributed by atoms with van der Waals surface area (Å²) >= 11 is 12.3. The van der Waals surface area contributed by atoms with Gasteiger partial charge in [0.2, 0.25) is 5.91 Å². The van der Waals surface area contributed by atoms with Crippen molar-refractivity contribution < 1.29 is 14.7 Å². The minimum absolute atomic E-state index is 0.0602. The molecule has 0 radical (unpaired) electrons. The van der Waals surface area contributed by atoms with Crippen molar-refractivity contribution in [2.24, 2.45) is 5.73 Å². The summed E-state index contributed by atoms with van der Waals surface area (Å²) in [6.07, 6.45) is -0.109. The van der Waals surface area contributed by atoms with Gasteiger partial charge >= 0.3 is 5.97 Å². The number of aromatic carboxylic acids is 1. The average molecular weight is 372 g/mol. The summed E-state index contributed by atoms with van der Waals surface area (Å²) < 4.78 is 1.27. The summed E-state index contributed by atoms with van der Waals surface area (Å²) in [7, 11) is 3.46. The summed E-state index contributed by atoms with van der Waals surface area (Å²) in [5.74, 6) is -1.16. The number of benzene rings is 1. The number of anilines is 2. The van der Waals surface area contributed by atoms with Crippen LogP contribution in [0.25, 0.3) is 5.69 Å². The zero-order valence-corrected chi connectivity index (χ0v) is 14.4. The minimum Gasteiger partial charge on any atom is -0.478 e. The normalized spacial score (nSPS) is 10.7. The zero-order chi connectivity index (χ0) is 18.2. The average Bonchev–Trinajstić information content (AvgIpc) is 2.75. The molecule has 2 aromatic rings. The molecular formula is C14H15Cl2N5O3. The van der Waals surface area contributed by atoms with Crippen molar-refractivity contribution in [3.8, 4) is 5.69 Å². The number of halogens is 2. The molecule has 1 aromatic heterocycles. The molecule has 10 heteroatoms. The van der Waals surface area contributed by atoms with Gasteiger partial charge in [0.25, 0.3) is 0 Å². The van der Waals surface area contributed by atoms with Gasteiger partial charge in [-0.1, -0.05) is 23.2 Å². The maximum atomic E-state index is 11.3. The van der Waals surface area contributed by atoms with Gasteiger partial charge in [-0.05, 0) is 12.1 Å². The lowest BCUT2D eigenvalue weighted by atomic mass is 10.2. The van der Waals surface area contributed by atoms with Gasteiger partial charge in [0.15, 0.2) is 5.82 Å². The van der Waals surface area contributed by atoms with Crippen LogP contribution in [-0.4, -0.2) is 40.9 Å². The Labute approximate surface area is 147 Å². The van der Waals surface area contributed by atoms with Gasteiger partial charge in [-0.3, -0.25) is 4.79 Å². The van der Waals surface area contributed by atoms with Crippen molar-refractivity contribution >= 4 is 46.7 Å². The van der Waals surface area contributed by atoms with E-state index in [0.717, 1.165) is 0 Å². The molecule has 24 heavy (non-hydrogen) atoms. The maximum Gasteiger partial charge on any atom is 0.335 e. The first-order valence-corrected chi connectivity index (χ1v) is 7.44. The summed E-state index contributed by atoms with van der Waals surface area (Å²) in [4.78, 5) is 24.0.